The van der Waals surface area contributed by atoms with Crippen LogP contribution in [0.5, 0.6) is 5.75 Å². The number of nitrogens with zero attached hydrogens (tertiary/aromatic N) is 5. The Morgan fingerprint density at radius 1 is 0.789 bits per heavy atom. The van der Waals surface area contributed by atoms with E-state index in [0.717, 1.165) is 93.8 Å². The van der Waals surface area contributed by atoms with E-state index in [0.29, 0.717) is 12.1 Å². The first-order valence-corrected chi connectivity index (χ1v) is 14.7. The Kier molecular flexibility index (Phi) is 8.58. The molecule has 1 amide bonds. The fraction of sp³-hybridized carbons (Fsp3) is 0.645. The summed E-state index contributed by atoms with van der Waals surface area (Å²) in [5, 5.41) is 2.22. The molecule has 3 fully saturated rings. The second-order valence-corrected chi connectivity index (χ2v) is 12.1. The number of hydrogen-bond acceptors (Lipinski definition) is 6. The minimum absolute atomic E-state index is 0.129. The van der Waals surface area contributed by atoms with E-state index in [1.165, 1.54) is 0 Å². The zero-order valence-electron chi connectivity index (χ0n) is 24.1. The molecule has 7 nitrogen and oxygen atoms in total. The Labute approximate surface area is 229 Å². The smallest absolute Gasteiger partial charge is 0.255 e. The predicted octanol–water partition coefficient (Wildman–Crippen LogP) is 3.83. The highest BCUT2D eigenvalue weighted by Crippen LogP contribution is 2.27. The third-order valence-corrected chi connectivity index (χ3v) is 8.89. The Hall–Kier alpha value is -2.19. The standard InChI is InChI=1S/C31H47N5O2/c1-23(2)33-12-10-28(11-13-33)38-29-9-8-25-20-27(7-6-26(25)21-29)31(37)36-19-14-32(5)22-30(36)35-17-15-34(16-18-35)24(3)4/h6-9,20-21,23-24,28,30H,10-19,22H2,1-5H3. The van der Waals surface area contributed by atoms with Crippen molar-refractivity contribution >= 4 is 16.7 Å². The lowest BCUT2D eigenvalue weighted by Crippen LogP contribution is -2.64. The van der Waals surface area contributed by atoms with Crippen molar-refractivity contribution in [2.75, 3.05) is 66.0 Å². The highest BCUT2D eigenvalue weighted by molar-refractivity contribution is 5.99. The van der Waals surface area contributed by atoms with E-state index in [9.17, 15) is 4.79 Å². The van der Waals surface area contributed by atoms with Gasteiger partial charge in [0.1, 0.15) is 11.9 Å². The van der Waals surface area contributed by atoms with E-state index in [1.54, 1.807) is 0 Å². The van der Waals surface area contributed by atoms with E-state index < -0.39 is 0 Å². The van der Waals surface area contributed by atoms with Crippen LogP contribution < -0.4 is 4.74 Å². The summed E-state index contributed by atoms with van der Waals surface area (Å²) in [5.41, 5.74) is 0.780. The lowest BCUT2D eigenvalue weighted by atomic mass is 10.0. The topological polar surface area (TPSA) is 42.5 Å². The van der Waals surface area contributed by atoms with Gasteiger partial charge in [0, 0.05) is 76.5 Å². The van der Waals surface area contributed by atoms with Crippen molar-refractivity contribution in [3.05, 3.63) is 42.0 Å². The predicted molar refractivity (Wildman–Crippen MR) is 155 cm³/mol. The lowest BCUT2D eigenvalue weighted by molar-refractivity contribution is -0.0280. The number of carbonyl (C=O) groups excluding carboxylic acids is 1. The number of ether oxygens (including phenoxy) is 1. The van der Waals surface area contributed by atoms with Crippen LogP contribution in [0.3, 0.4) is 0 Å². The number of hydrogen-bond donors (Lipinski definition) is 0. The van der Waals surface area contributed by atoms with Gasteiger partial charge in [-0.25, -0.2) is 0 Å². The largest absolute Gasteiger partial charge is 0.490 e. The maximum Gasteiger partial charge on any atom is 0.255 e. The first-order chi connectivity index (χ1) is 18.3. The lowest BCUT2D eigenvalue weighted by Gasteiger charge is -2.48. The van der Waals surface area contributed by atoms with Crippen molar-refractivity contribution < 1.29 is 9.53 Å². The molecule has 2 aromatic rings. The third kappa shape index (κ3) is 6.17. The molecule has 5 rings (SSSR count). The summed E-state index contributed by atoms with van der Waals surface area (Å²) in [6, 6.07) is 13.6. The molecule has 2 aromatic carbocycles. The van der Waals surface area contributed by atoms with Gasteiger partial charge in [0.15, 0.2) is 0 Å². The number of amides is 1. The Bertz CT molecular complexity index is 1090. The van der Waals surface area contributed by atoms with Crippen LogP contribution in [0.2, 0.25) is 0 Å². The van der Waals surface area contributed by atoms with Crippen molar-refractivity contribution in [2.45, 2.75) is 64.9 Å². The van der Waals surface area contributed by atoms with Crippen molar-refractivity contribution in [2.24, 2.45) is 0 Å². The highest BCUT2D eigenvalue weighted by Gasteiger charge is 2.35. The molecule has 3 aliphatic heterocycles. The monoisotopic (exact) mass is 521 g/mol. The summed E-state index contributed by atoms with van der Waals surface area (Å²) in [5.74, 6) is 1.08. The molecule has 3 aliphatic rings. The summed E-state index contributed by atoms with van der Waals surface area (Å²) in [6.07, 6.45) is 2.55. The maximum absolute atomic E-state index is 13.8. The molecule has 3 saturated heterocycles. The summed E-state index contributed by atoms with van der Waals surface area (Å²) in [4.78, 5) is 25.9. The molecule has 7 heteroatoms. The number of carbonyl (C=O) groups is 1. The molecule has 38 heavy (non-hydrogen) atoms. The van der Waals surface area contributed by atoms with Crippen molar-refractivity contribution in [1.29, 1.82) is 0 Å². The van der Waals surface area contributed by atoms with Gasteiger partial charge in [-0.15, -0.1) is 0 Å². The van der Waals surface area contributed by atoms with Gasteiger partial charge in [0.2, 0.25) is 0 Å². The normalized spacial score (nSPS) is 23.6. The van der Waals surface area contributed by atoms with Gasteiger partial charge in [-0.1, -0.05) is 12.1 Å². The first kappa shape index (κ1) is 27.4. The number of piperazine rings is 2. The molecule has 208 valence electrons. The van der Waals surface area contributed by atoms with Gasteiger partial charge in [0.05, 0.1) is 6.17 Å². The van der Waals surface area contributed by atoms with Crippen molar-refractivity contribution in [3.8, 4) is 5.75 Å². The number of rotatable bonds is 6. The maximum atomic E-state index is 13.8. The minimum Gasteiger partial charge on any atom is -0.490 e. The van der Waals surface area contributed by atoms with Crippen LogP contribution in [-0.4, -0.2) is 121 Å². The van der Waals surface area contributed by atoms with Gasteiger partial charge in [-0.3, -0.25) is 14.6 Å². The average Bonchev–Trinajstić information content (AvgIpc) is 2.92. The molecular weight excluding hydrogens is 474 g/mol. The Morgan fingerprint density at radius 3 is 2.11 bits per heavy atom. The van der Waals surface area contributed by atoms with Crippen LogP contribution >= 0.6 is 0 Å². The number of piperidine rings is 1. The van der Waals surface area contributed by atoms with Crippen molar-refractivity contribution in [3.63, 3.8) is 0 Å². The van der Waals surface area contributed by atoms with E-state index in [-0.39, 0.29) is 18.2 Å². The molecule has 1 unspecified atom stereocenters. The molecule has 0 aromatic heterocycles. The van der Waals surface area contributed by atoms with Crippen LogP contribution in [-0.2, 0) is 0 Å². The molecule has 0 saturated carbocycles. The quantitative estimate of drug-likeness (QED) is 0.576. The second kappa shape index (κ2) is 11.9. The Balaban J connectivity index is 1.26. The summed E-state index contributed by atoms with van der Waals surface area (Å²) >= 11 is 0. The zero-order chi connectivity index (χ0) is 26.8. The van der Waals surface area contributed by atoms with E-state index in [1.807, 2.05) is 6.07 Å². The fourth-order valence-corrected chi connectivity index (χ4v) is 6.30. The van der Waals surface area contributed by atoms with E-state index in [4.69, 9.17) is 4.74 Å². The molecule has 1 atom stereocenters. The van der Waals surface area contributed by atoms with E-state index >= 15 is 0 Å². The highest BCUT2D eigenvalue weighted by atomic mass is 16.5. The second-order valence-electron chi connectivity index (χ2n) is 12.1. The summed E-state index contributed by atoms with van der Waals surface area (Å²) in [6.45, 7) is 18.0. The fourth-order valence-electron chi connectivity index (χ4n) is 6.30. The third-order valence-electron chi connectivity index (χ3n) is 8.89. The number of benzene rings is 2. The SMILES string of the molecule is CC(C)N1CCC(Oc2ccc3cc(C(=O)N4CCN(C)CC4N4CCN(C(C)C)CC4)ccc3c2)CC1. The molecule has 0 radical (unpaired) electrons. The van der Waals surface area contributed by atoms with Crippen LogP contribution in [0, 0.1) is 0 Å². The van der Waals surface area contributed by atoms with Gasteiger partial charge in [-0.2, -0.15) is 0 Å². The van der Waals surface area contributed by atoms with Gasteiger partial charge >= 0.3 is 0 Å². The molecular formula is C31H47N5O2. The number of fused-ring (bicyclic) bond motifs is 1. The molecule has 0 bridgehead atoms. The van der Waals surface area contributed by atoms with Crippen LogP contribution in [0.25, 0.3) is 10.8 Å². The molecule has 0 spiro atoms. The molecule has 3 heterocycles. The Morgan fingerprint density at radius 2 is 1.42 bits per heavy atom. The van der Waals surface area contributed by atoms with Crippen molar-refractivity contribution in [1.82, 2.24) is 24.5 Å². The van der Waals surface area contributed by atoms with Gasteiger partial charge in [0.25, 0.3) is 5.91 Å². The molecule has 0 N–H and O–H groups in total. The van der Waals surface area contributed by atoms with Crippen LogP contribution in [0.4, 0.5) is 0 Å². The van der Waals surface area contributed by atoms with Gasteiger partial charge in [-0.05, 0) is 82.6 Å². The zero-order valence-corrected chi connectivity index (χ0v) is 24.1. The average molecular weight is 522 g/mol. The van der Waals surface area contributed by atoms with Gasteiger partial charge < -0.3 is 19.4 Å². The molecule has 0 aliphatic carbocycles. The summed E-state index contributed by atoms with van der Waals surface area (Å²) < 4.78 is 6.36. The van der Waals surface area contributed by atoms with Crippen LogP contribution in [0.1, 0.15) is 50.9 Å². The first-order valence-electron chi connectivity index (χ1n) is 14.7. The number of likely N-dealkylation sites (N-methyl/N-ethyl adjacent to an activating group) is 1. The summed E-state index contributed by atoms with van der Waals surface area (Å²) in [7, 11) is 2.17. The van der Waals surface area contributed by atoms with E-state index in [2.05, 4.69) is 89.6 Å². The minimum atomic E-state index is 0.129. The number of likely N-dealkylation sites (tertiary alicyclic amines) is 1. The van der Waals surface area contributed by atoms with Crippen LogP contribution in [0.15, 0.2) is 36.4 Å².